The number of phenolic OH excluding ortho intramolecular Hbond substituents is 1. The summed E-state index contributed by atoms with van der Waals surface area (Å²) >= 11 is 0. The Morgan fingerprint density at radius 1 is 1.52 bits per heavy atom. The highest BCUT2D eigenvalue weighted by Gasteiger charge is 2.35. The molecule has 1 unspecified atom stereocenters. The topological polar surface area (TPSA) is 111 Å². The highest BCUT2D eigenvalue weighted by atomic mass is 16.5. The van der Waals surface area contributed by atoms with Gasteiger partial charge in [0.25, 0.3) is 0 Å². The number of hydrogen-bond donors (Lipinski definition) is 2. The second-order valence-electron chi connectivity index (χ2n) is 5.33. The van der Waals surface area contributed by atoms with Crippen molar-refractivity contribution in [2.24, 2.45) is 0 Å². The summed E-state index contributed by atoms with van der Waals surface area (Å²) in [6, 6.07) is 4.17. The van der Waals surface area contributed by atoms with Crippen molar-refractivity contribution in [3.05, 3.63) is 47.7 Å². The molecule has 0 saturated carbocycles. The van der Waals surface area contributed by atoms with Gasteiger partial charge in [0.05, 0.1) is 12.7 Å². The maximum atomic E-state index is 12.6. The quantitative estimate of drug-likeness (QED) is 0.619. The number of nitrogens with one attached hydrogen (secondary N) is 1. The number of aromatic nitrogens is 4. The Kier molecular flexibility index (Phi) is 4.38. The fourth-order valence-electron chi connectivity index (χ4n) is 2.66. The Bertz CT molecular complexity index is 858. The zero-order chi connectivity index (χ0) is 18.0. The molecule has 2 aromatic rings. The van der Waals surface area contributed by atoms with E-state index in [9.17, 15) is 9.90 Å². The van der Waals surface area contributed by atoms with Gasteiger partial charge in [0.15, 0.2) is 11.5 Å². The number of carbonyl (C=O) groups is 1. The molecule has 0 bridgehead atoms. The van der Waals surface area contributed by atoms with Crippen molar-refractivity contribution in [1.29, 1.82) is 0 Å². The van der Waals surface area contributed by atoms with Crippen LogP contribution >= 0.6 is 0 Å². The van der Waals surface area contributed by atoms with Crippen LogP contribution in [-0.2, 0) is 9.53 Å². The highest BCUT2D eigenvalue weighted by Crippen LogP contribution is 2.38. The average Bonchev–Trinajstić information content (AvgIpc) is 3.07. The number of nitrogens with zero attached hydrogens (tertiary/aromatic N) is 4. The summed E-state index contributed by atoms with van der Waals surface area (Å²) in [7, 11) is 1.45. The van der Waals surface area contributed by atoms with Crippen molar-refractivity contribution >= 4 is 11.9 Å². The second-order valence-corrected chi connectivity index (χ2v) is 5.33. The zero-order valence-electron chi connectivity index (χ0n) is 13.8. The van der Waals surface area contributed by atoms with E-state index in [-0.39, 0.29) is 18.1 Å². The van der Waals surface area contributed by atoms with Gasteiger partial charge < -0.3 is 19.9 Å². The lowest BCUT2D eigenvalue weighted by Gasteiger charge is -2.27. The van der Waals surface area contributed by atoms with E-state index in [1.807, 2.05) is 0 Å². The number of fused-ring (bicyclic) bond motifs is 1. The van der Waals surface area contributed by atoms with E-state index in [4.69, 9.17) is 9.47 Å². The molecule has 0 fully saturated rings. The van der Waals surface area contributed by atoms with Crippen LogP contribution in [0.5, 0.6) is 11.5 Å². The number of carbonyl (C=O) groups excluding carboxylic acids is 1. The predicted molar refractivity (Wildman–Crippen MR) is 88.1 cm³/mol. The number of tetrazole rings is 1. The smallest absolute Gasteiger partial charge is 0.338 e. The van der Waals surface area contributed by atoms with Gasteiger partial charge in [-0.25, -0.2) is 4.79 Å². The SMILES string of the molecule is C=CCOC(=O)C1=C(C)Nc2nnnn2C1c1ccc(O)c(OC)c1. The number of allylic oxidation sites excluding steroid dienone is 1. The van der Waals surface area contributed by atoms with E-state index in [0.717, 1.165) is 0 Å². The number of anilines is 1. The number of rotatable bonds is 5. The zero-order valence-corrected chi connectivity index (χ0v) is 13.8. The molecule has 0 amide bonds. The Morgan fingerprint density at radius 3 is 3.04 bits per heavy atom. The number of phenols is 1. The van der Waals surface area contributed by atoms with Crippen LogP contribution in [0.3, 0.4) is 0 Å². The summed E-state index contributed by atoms with van der Waals surface area (Å²) in [5, 5.41) is 24.3. The molecule has 2 heterocycles. The van der Waals surface area contributed by atoms with Crippen molar-refractivity contribution in [1.82, 2.24) is 20.2 Å². The first kappa shape index (κ1) is 16.5. The lowest BCUT2D eigenvalue weighted by molar-refractivity contribution is -0.138. The summed E-state index contributed by atoms with van der Waals surface area (Å²) in [5.74, 6) is 0.161. The number of methoxy groups -OCH3 is 1. The molecule has 1 aliphatic heterocycles. The first-order chi connectivity index (χ1) is 12.1. The van der Waals surface area contributed by atoms with Crippen molar-refractivity contribution in [2.75, 3.05) is 19.0 Å². The van der Waals surface area contributed by atoms with Crippen molar-refractivity contribution in [3.8, 4) is 11.5 Å². The third kappa shape index (κ3) is 2.91. The normalized spacial score (nSPS) is 16.0. The molecule has 3 rings (SSSR count). The first-order valence-corrected chi connectivity index (χ1v) is 7.47. The van der Waals surface area contributed by atoms with E-state index in [2.05, 4.69) is 27.4 Å². The van der Waals surface area contributed by atoms with E-state index < -0.39 is 12.0 Å². The van der Waals surface area contributed by atoms with Crippen LogP contribution < -0.4 is 10.1 Å². The molecule has 25 heavy (non-hydrogen) atoms. The molecule has 0 radical (unpaired) electrons. The molecule has 9 heteroatoms. The summed E-state index contributed by atoms with van der Waals surface area (Å²) in [4.78, 5) is 12.6. The largest absolute Gasteiger partial charge is 0.504 e. The molecule has 1 aliphatic rings. The lowest BCUT2D eigenvalue weighted by atomic mass is 9.95. The summed E-state index contributed by atoms with van der Waals surface area (Å²) in [6.07, 6.45) is 1.49. The van der Waals surface area contributed by atoms with E-state index >= 15 is 0 Å². The lowest BCUT2D eigenvalue weighted by Crippen LogP contribution is -2.29. The molecular formula is C16H17N5O4. The molecule has 1 atom stereocenters. The van der Waals surface area contributed by atoms with Crippen LogP contribution in [0.15, 0.2) is 42.1 Å². The Hall–Kier alpha value is -3.36. The van der Waals surface area contributed by atoms with Crippen LogP contribution in [0.4, 0.5) is 5.95 Å². The first-order valence-electron chi connectivity index (χ1n) is 7.47. The minimum atomic E-state index is -0.627. The number of hydrogen-bond acceptors (Lipinski definition) is 8. The molecule has 9 nitrogen and oxygen atoms in total. The summed E-state index contributed by atoms with van der Waals surface area (Å²) < 4.78 is 11.8. The predicted octanol–water partition coefficient (Wildman–Crippen LogP) is 1.41. The number of ether oxygens (including phenoxy) is 2. The molecular weight excluding hydrogens is 326 g/mol. The maximum Gasteiger partial charge on any atom is 0.338 e. The molecule has 0 aliphatic carbocycles. The van der Waals surface area contributed by atoms with Gasteiger partial charge in [-0.3, -0.25) is 0 Å². The molecule has 1 aromatic carbocycles. The van der Waals surface area contributed by atoms with Gasteiger partial charge in [0.1, 0.15) is 12.6 Å². The van der Waals surface area contributed by atoms with Gasteiger partial charge in [-0.2, -0.15) is 4.68 Å². The molecule has 2 N–H and O–H groups in total. The average molecular weight is 343 g/mol. The molecule has 130 valence electrons. The Labute approximate surface area is 143 Å². The van der Waals surface area contributed by atoms with Gasteiger partial charge in [-0.05, 0) is 35.0 Å². The van der Waals surface area contributed by atoms with Crippen LogP contribution in [0, 0.1) is 0 Å². The van der Waals surface area contributed by atoms with Crippen molar-refractivity contribution in [3.63, 3.8) is 0 Å². The van der Waals surface area contributed by atoms with Crippen molar-refractivity contribution < 1.29 is 19.4 Å². The Morgan fingerprint density at radius 2 is 2.32 bits per heavy atom. The van der Waals surface area contributed by atoms with Gasteiger partial charge in [0.2, 0.25) is 5.95 Å². The maximum absolute atomic E-state index is 12.6. The fourth-order valence-corrected chi connectivity index (χ4v) is 2.66. The minimum Gasteiger partial charge on any atom is -0.504 e. The van der Waals surface area contributed by atoms with Crippen LogP contribution in [0.25, 0.3) is 0 Å². The van der Waals surface area contributed by atoms with E-state index in [1.165, 1.54) is 23.9 Å². The Balaban J connectivity index is 2.12. The standard InChI is InChI=1S/C16H17N5O4/c1-4-7-25-15(23)13-9(2)17-16-18-19-20-21(16)14(13)10-5-6-11(22)12(8-10)24-3/h4-6,8,14,22H,1,7H2,2-3H3,(H,17,18,20). The van der Waals surface area contributed by atoms with Crippen LogP contribution in [0.1, 0.15) is 18.5 Å². The molecule has 0 saturated heterocycles. The number of aromatic hydroxyl groups is 1. The minimum absolute atomic E-state index is 0.00592. The van der Waals surface area contributed by atoms with Gasteiger partial charge in [0, 0.05) is 5.70 Å². The third-order valence-electron chi connectivity index (χ3n) is 3.79. The van der Waals surface area contributed by atoms with Crippen LogP contribution in [-0.4, -0.2) is 45.0 Å². The van der Waals surface area contributed by atoms with Gasteiger partial charge >= 0.3 is 5.97 Å². The highest BCUT2D eigenvalue weighted by molar-refractivity contribution is 5.92. The molecule has 1 aromatic heterocycles. The number of benzene rings is 1. The second kappa shape index (κ2) is 6.63. The van der Waals surface area contributed by atoms with E-state index in [0.29, 0.717) is 22.8 Å². The summed E-state index contributed by atoms with van der Waals surface area (Å²) in [5.41, 5.74) is 1.59. The fraction of sp³-hybridized carbons (Fsp3) is 0.250. The van der Waals surface area contributed by atoms with E-state index in [1.54, 1.807) is 19.1 Å². The van der Waals surface area contributed by atoms with Gasteiger partial charge in [-0.1, -0.05) is 23.8 Å². The van der Waals surface area contributed by atoms with Crippen LogP contribution in [0.2, 0.25) is 0 Å². The summed E-state index contributed by atoms with van der Waals surface area (Å²) in [6.45, 7) is 5.37. The van der Waals surface area contributed by atoms with Gasteiger partial charge in [-0.15, -0.1) is 0 Å². The molecule has 0 spiro atoms. The van der Waals surface area contributed by atoms with Crippen molar-refractivity contribution in [2.45, 2.75) is 13.0 Å². The number of esters is 1. The third-order valence-corrected chi connectivity index (χ3v) is 3.79. The monoisotopic (exact) mass is 343 g/mol.